The van der Waals surface area contributed by atoms with E-state index in [1.165, 1.54) is 12.1 Å². The summed E-state index contributed by atoms with van der Waals surface area (Å²) >= 11 is 3.03. The third kappa shape index (κ3) is 3.28. The summed E-state index contributed by atoms with van der Waals surface area (Å²) in [6.07, 6.45) is 2.28. The quantitative estimate of drug-likeness (QED) is 0.775. The zero-order valence-corrected chi connectivity index (χ0v) is 13.8. The maximum absolute atomic E-state index is 14.1. The first kappa shape index (κ1) is 16.4. The fraction of sp³-hybridized carbons (Fsp3) is 0.562. The fourth-order valence-electron chi connectivity index (χ4n) is 2.94. The number of rotatable bonds is 3. The van der Waals surface area contributed by atoms with E-state index < -0.39 is 23.0 Å². The van der Waals surface area contributed by atoms with Crippen LogP contribution in [0.15, 0.2) is 16.6 Å². The number of carbonyl (C=O) groups is 1. The van der Waals surface area contributed by atoms with Crippen LogP contribution in [0, 0.1) is 22.5 Å². The molecule has 1 aliphatic carbocycles. The molecule has 0 unspecified atom stereocenters. The molecule has 0 saturated heterocycles. The van der Waals surface area contributed by atoms with Crippen LogP contribution < -0.4 is 0 Å². The lowest BCUT2D eigenvalue weighted by Crippen LogP contribution is -2.40. The van der Waals surface area contributed by atoms with Crippen molar-refractivity contribution in [3.05, 3.63) is 33.8 Å². The molecular weight excluding hydrogens is 342 g/mol. The third-order valence-electron chi connectivity index (χ3n) is 4.67. The minimum absolute atomic E-state index is 0.0906. The molecule has 21 heavy (non-hydrogen) atoms. The lowest BCUT2D eigenvalue weighted by molar-refractivity contribution is -0.152. The summed E-state index contributed by atoms with van der Waals surface area (Å²) in [5, 5.41) is 9.61. The average Bonchev–Trinajstić information content (AvgIpc) is 2.41. The van der Waals surface area contributed by atoms with Crippen LogP contribution in [0.3, 0.4) is 0 Å². The van der Waals surface area contributed by atoms with Gasteiger partial charge in [-0.1, -0.05) is 13.8 Å². The van der Waals surface area contributed by atoms with Crippen LogP contribution in [-0.2, 0) is 11.2 Å². The Morgan fingerprint density at radius 3 is 2.33 bits per heavy atom. The number of carboxylic acid groups (broad SMARTS) is 1. The van der Waals surface area contributed by atoms with E-state index >= 15 is 0 Å². The Kier molecular flexibility index (Phi) is 4.43. The standard InChI is InChI=1S/C16H19BrF2O2/c1-15(2)5-7-16(8-6-15,14(20)21)9-10-12(18)4-3-11(17)13(10)19/h3-4H,5-9H2,1-2H3,(H,20,21). The van der Waals surface area contributed by atoms with Gasteiger partial charge in [-0.15, -0.1) is 0 Å². The van der Waals surface area contributed by atoms with Crippen LogP contribution in [-0.4, -0.2) is 11.1 Å². The molecule has 0 aromatic heterocycles. The van der Waals surface area contributed by atoms with Crippen LogP contribution in [0.25, 0.3) is 0 Å². The molecule has 1 saturated carbocycles. The molecule has 0 aliphatic heterocycles. The van der Waals surface area contributed by atoms with E-state index in [0.717, 1.165) is 12.8 Å². The molecule has 5 heteroatoms. The molecule has 0 atom stereocenters. The number of hydrogen-bond acceptors (Lipinski definition) is 1. The van der Waals surface area contributed by atoms with E-state index in [1.54, 1.807) is 0 Å². The van der Waals surface area contributed by atoms with Gasteiger partial charge in [0.2, 0.25) is 0 Å². The zero-order chi connectivity index (χ0) is 15.8. The molecule has 1 aromatic carbocycles. The molecule has 0 amide bonds. The molecule has 2 nitrogen and oxygen atoms in total. The second kappa shape index (κ2) is 5.67. The molecule has 1 fully saturated rings. The Morgan fingerprint density at radius 1 is 1.24 bits per heavy atom. The highest BCUT2D eigenvalue weighted by Crippen LogP contribution is 2.47. The van der Waals surface area contributed by atoms with Gasteiger partial charge in [0, 0.05) is 5.56 Å². The monoisotopic (exact) mass is 360 g/mol. The lowest BCUT2D eigenvalue weighted by atomic mass is 9.63. The summed E-state index contributed by atoms with van der Waals surface area (Å²) in [6, 6.07) is 2.47. The fourth-order valence-corrected chi connectivity index (χ4v) is 3.31. The normalized spacial score (nSPS) is 20.2. The van der Waals surface area contributed by atoms with Gasteiger partial charge >= 0.3 is 5.97 Å². The van der Waals surface area contributed by atoms with Crippen molar-refractivity contribution in [2.75, 3.05) is 0 Å². The predicted molar refractivity (Wildman–Crippen MR) is 80.1 cm³/mol. The van der Waals surface area contributed by atoms with Gasteiger partial charge in [0.25, 0.3) is 0 Å². The van der Waals surface area contributed by atoms with Gasteiger partial charge in [0.15, 0.2) is 0 Å². The number of aliphatic carboxylic acids is 1. The van der Waals surface area contributed by atoms with E-state index in [1.807, 2.05) is 0 Å². The Balaban J connectivity index is 2.35. The largest absolute Gasteiger partial charge is 0.481 e. The van der Waals surface area contributed by atoms with Crippen LogP contribution >= 0.6 is 15.9 Å². The van der Waals surface area contributed by atoms with E-state index in [-0.39, 0.29) is 21.9 Å². The van der Waals surface area contributed by atoms with E-state index in [4.69, 9.17) is 0 Å². The first-order valence-electron chi connectivity index (χ1n) is 7.03. The Morgan fingerprint density at radius 2 is 1.81 bits per heavy atom. The summed E-state index contributed by atoms with van der Waals surface area (Å²) in [4.78, 5) is 11.7. The van der Waals surface area contributed by atoms with E-state index in [2.05, 4.69) is 29.8 Å². The molecule has 1 aliphatic rings. The van der Waals surface area contributed by atoms with Crippen molar-refractivity contribution in [1.82, 2.24) is 0 Å². The minimum atomic E-state index is -1.07. The highest BCUT2D eigenvalue weighted by atomic mass is 79.9. The second-order valence-corrected chi connectivity index (χ2v) is 7.60. The van der Waals surface area contributed by atoms with Gasteiger partial charge in [0.1, 0.15) is 11.6 Å². The Bertz CT molecular complexity index is 560. The SMILES string of the molecule is CC1(C)CCC(Cc2c(F)ccc(Br)c2F)(C(=O)O)CC1. The number of benzene rings is 1. The van der Waals surface area contributed by atoms with Gasteiger partial charge in [-0.3, -0.25) is 4.79 Å². The number of carboxylic acids is 1. The topological polar surface area (TPSA) is 37.3 Å². The maximum Gasteiger partial charge on any atom is 0.309 e. The molecule has 0 bridgehead atoms. The predicted octanol–water partition coefficient (Wildman–Crippen LogP) is 4.94. The zero-order valence-electron chi connectivity index (χ0n) is 12.2. The first-order chi connectivity index (χ1) is 9.67. The Labute approximate surface area is 131 Å². The smallest absolute Gasteiger partial charge is 0.309 e. The van der Waals surface area contributed by atoms with Crippen LogP contribution in [0.5, 0.6) is 0 Å². The van der Waals surface area contributed by atoms with Crippen molar-refractivity contribution in [1.29, 1.82) is 0 Å². The van der Waals surface area contributed by atoms with Crippen molar-refractivity contribution in [3.8, 4) is 0 Å². The van der Waals surface area contributed by atoms with Crippen molar-refractivity contribution < 1.29 is 18.7 Å². The van der Waals surface area contributed by atoms with Gasteiger partial charge in [-0.05, 0) is 65.6 Å². The lowest BCUT2D eigenvalue weighted by Gasteiger charge is -2.41. The van der Waals surface area contributed by atoms with Crippen molar-refractivity contribution in [3.63, 3.8) is 0 Å². The molecule has 1 N–H and O–H groups in total. The first-order valence-corrected chi connectivity index (χ1v) is 7.82. The number of hydrogen-bond donors (Lipinski definition) is 1. The summed E-state index contributed by atoms with van der Waals surface area (Å²) in [7, 11) is 0. The van der Waals surface area contributed by atoms with Gasteiger partial charge < -0.3 is 5.11 Å². The summed E-state index contributed by atoms with van der Waals surface area (Å²) in [6.45, 7) is 4.19. The van der Waals surface area contributed by atoms with Gasteiger partial charge in [-0.2, -0.15) is 0 Å². The molecular formula is C16H19BrF2O2. The maximum atomic E-state index is 14.1. The van der Waals surface area contributed by atoms with Gasteiger partial charge in [0.05, 0.1) is 9.89 Å². The van der Waals surface area contributed by atoms with E-state index in [0.29, 0.717) is 12.8 Å². The van der Waals surface area contributed by atoms with Crippen molar-refractivity contribution in [2.45, 2.75) is 46.0 Å². The van der Waals surface area contributed by atoms with Crippen LogP contribution in [0.1, 0.15) is 45.1 Å². The molecule has 1 aromatic rings. The molecule has 2 rings (SSSR count). The van der Waals surface area contributed by atoms with Crippen LogP contribution in [0.2, 0.25) is 0 Å². The second-order valence-electron chi connectivity index (χ2n) is 6.75. The van der Waals surface area contributed by atoms with Crippen molar-refractivity contribution >= 4 is 21.9 Å². The van der Waals surface area contributed by atoms with Crippen molar-refractivity contribution in [2.24, 2.45) is 10.8 Å². The van der Waals surface area contributed by atoms with Crippen LogP contribution in [0.4, 0.5) is 8.78 Å². The molecule has 0 heterocycles. The summed E-state index contributed by atoms with van der Waals surface area (Å²) in [5.41, 5.74) is -1.11. The molecule has 0 spiro atoms. The molecule has 116 valence electrons. The molecule has 0 radical (unpaired) electrons. The minimum Gasteiger partial charge on any atom is -0.481 e. The van der Waals surface area contributed by atoms with Gasteiger partial charge in [-0.25, -0.2) is 8.78 Å². The Hall–Kier alpha value is -0.970. The third-order valence-corrected chi connectivity index (χ3v) is 5.28. The average molecular weight is 361 g/mol. The highest BCUT2D eigenvalue weighted by molar-refractivity contribution is 9.10. The summed E-state index contributed by atoms with van der Waals surface area (Å²) in [5.74, 6) is -2.33. The summed E-state index contributed by atoms with van der Waals surface area (Å²) < 4.78 is 28.2. The van der Waals surface area contributed by atoms with E-state index in [9.17, 15) is 18.7 Å². The highest BCUT2D eigenvalue weighted by Gasteiger charge is 2.45. The number of halogens is 3.